The van der Waals surface area contributed by atoms with Crippen LogP contribution in [-0.2, 0) is 0 Å². The Bertz CT molecular complexity index is 870. The van der Waals surface area contributed by atoms with Crippen molar-refractivity contribution >= 4 is 28.8 Å². The zero-order chi connectivity index (χ0) is 15.1. The molecule has 0 spiro atoms. The molecule has 106 valence electrons. The molecule has 0 bridgehead atoms. The van der Waals surface area contributed by atoms with E-state index in [9.17, 15) is 8.78 Å². The van der Waals surface area contributed by atoms with Crippen LogP contribution in [0.3, 0.4) is 0 Å². The summed E-state index contributed by atoms with van der Waals surface area (Å²) in [7, 11) is 0. The fourth-order valence-corrected chi connectivity index (χ4v) is 2.32. The van der Waals surface area contributed by atoms with Gasteiger partial charge in [0.05, 0.1) is 10.6 Å². The predicted octanol–water partition coefficient (Wildman–Crippen LogP) is 5.38. The molecule has 3 aromatic rings. The summed E-state index contributed by atoms with van der Waals surface area (Å²) in [5.74, 6) is -1.40. The smallest absolute Gasteiger partial charge is 0.228 e. The van der Waals surface area contributed by atoms with E-state index in [1.807, 2.05) is 13.0 Å². The minimum atomic E-state index is -0.817. The van der Waals surface area contributed by atoms with Gasteiger partial charge in [0.2, 0.25) is 5.89 Å². The number of hydrogen-bond donors (Lipinski definition) is 0. The first kappa shape index (κ1) is 13.8. The van der Waals surface area contributed by atoms with Gasteiger partial charge in [0.1, 0.15) is 11.3 Å². The summed E-state index contributed by atoms with van der Waals surface area (Å²) in [6.45, 7) is 5.27. The summed E-state index contributed by atoms with van der Waals surface area (Å²) < 4.78 is 33.3. The van der Waals surface area contributed by atoms with Crippen molar-refractivity contribution in [2.45, 2.75) is 6.92 Å². The Labute approximate surface area is 124 Å². The average Bonchev–Trinajstić information content (AvgIpc) is 2.86. The summed E-state index contributed by atoms with van der Waals surface area (Å²) in [6.07, 6.45) is 1.10. The van der Waals surface area contributed by atoms with Gasteiger partial charge in [-0.05, 0) is 19.1 Å². The van der Waals surface area contributed by atoms with Gasteiger partial charge in [-0.1, -0.05) is 35.9 Å². The molecule has 2 nitrogen and oxygen atoms in total. The average molecular weight is 306 g/mol. The summed E-state index contributed by atoms with van der Waals surface area (Å²) in [6, 6.07) is 6.43. The topological polar surface area (TPSA) is 26.0 Å². The Hall–Kier alpha value is -2.20. The highest BCUT2D eigenvalue weighted by atomic mass is 35.5. The quantitative estimate of drug-likeness (QED) is 0.635. The molecule has 3 rings (SSSR count). The van der Waals surface area contributed by atoms with Gasteiger partial charge < -0.3 is 4.42 Å². The number of oxazole rings is 1. The molecule has 0 saturated carbocycles. The van der Waals surface area contributed by atoms with E-state index in [0.29, 0.717) is 10.6 Å². The number of rotatable bonds is 2. The monoisotopic (exact) mass is 305 g/mol. The molecule has 2 aromatic carbocycles. The Balaban J connectivity index is 2.29. The SMILES string of the molecule is C=Cc1c(F)cc2nc(-c3cc(C)ccc3Cl)oc2c1F. The lowest BCUT2D eigenvalue weighted by Gasteiger charge is -2.00. The highest BCUT2D eigenvalue weighted by Crippen LogP contribution is 2.33. The molecule has 0 saturated heterocycles. The van der Waals surface area contributed by atoms with E-state index in [0.717, 1.165) is 17.7 Å². The first-order valence-electron chi connectivity index (χ1n) is 6.18. The standard InChI is InChI=1S/C16H10ClF2NO/c1-3-9-12(18)7-13-15(14(9)19)21-16(20-13)10-6-8(2)4-5-11(10)17/h3-7H,1H2,2H3. The minimum Gasteiger partial charge on any atom is -0.433 e. The second-order valence-electron chi connectivity index (χ2n) is 4.64. The molecule has 0 atom stereocenters. The summed E-state index contributed by atoms with van der Waals surface area (Å²) >= 11 is 6.10. The number of fused-ring (bicyclic) bond motifs is 1. The second kappa shape index (κ2) is 4.97. The fourth-order valence-electron chi connectivity index (χ4n) is 2.12. The van der Waals surface area contributed by atoms with E-state index < -0.39 is 11.6 Å². The highest BCUT2D eigenvalue weighted by Gasteiger charge is 2.19. The van der Waals surface area contributed by atoms with Gasteiger partial charge >= 0.3 is 0 Å². The molecule has 0 aliphatic heterocycles. The van der Waals surface area contributed by atoms with Crippen LogP contribution in [0, 0.1) is 18.6 Å². The number of benzene rings is 2. The van der Waals surface area contributed by atoms with Gasteiger partial charge in [0.25, 0.3) is 0 Å². The van der Waals surface area contributed by atoms with E-state index >= 15 is 0 Å². The Kier molecular flexibility index (Phi) is 3.26. The van der Waals surface area contributed by atoms with Crippen LogP contribution >= 0.6 is 11.6 Å². The van der Waals surface area contributed by atoms with E-state index in [4.69, 9.17) is 16.0 Å². The highest BCUT2D eigenvalue weighted by molar-refractivity contribution is 6.33. The molecule has 0 aliphatic rings. The first-order chi connectivity index (χ1) is 10.0. The van der Waals surface area contributed by atoms with Gasteiger partial charge in [0, 0.05) is 11.6 Å². The fraction of sp³-hybridized carbons (Fsp3) is 0.0625. The molecule has 1 aromatic heterocycles. The van der Waals surface area contributed by atoms with Crippen LogP contribution in [-0.4, -0.2) is 4.98 Å². The molecule has 0 fully saturated rings. The van der Waals surface area contributed by atoms with Crippen molar-refractivity contribution in [2.75, 3.05) is 0 Å². The number of hydrogen-bond acceptors (Lipinski definition) is 2. The molecular formula is C16H10ClF2NO. The Morgan fingerprint density at radius 1 is 1.29 bits per heavy atom. The minimum absolute atomic E-state index is 0.100. The van der Waals surface area contributed by atoms with Gasteiger partial charge in [-0.25, -0.2) is 13.8 Å². The summed E-state index contributed by atoms with van der Waals surface area (Å²) in [4.78, 5) is 4.12. The number of aryl methyl sites for hydroxylation is 1. The molecule has 0 unspecified atom stereocenters. The third kappa shape index (κ3) is 2.21. The number of aromatic nitrogens is 1. The molecule has 0 aliphatic carbocycles. The largest absolute Gasteiger partial charge is 0.433 e. The van der Waals surface area contributed by atoms with Crippen LogP contribution in [0.1, 0.15) is 11.1 Å². The van der Waals surface area contributed by atoms with Gasteiger partial charge in [-0.2, -0.15) is 0 Å². The van der Waals surface area contributed by atoms with Crippen molar-refractivity contribution in [1.82, 2.24) is 4.98 Å². The molecule has 0 N–H and O–H groups in total. The van der Waals surface area contributed by atoms with Gasteiger partial charge in [0.15, 0.2) is 11.4 Å². The van der Waals surface area contributed by atoms with Crippen molar-refractivity contribution < 1.29 is 13.2 Å². The predicted molar refractivity (Wildman–Crippen MR) is 79.2 cm³/mol. The van der Waals surface area contributed by atoms with Crippen LogP contribution in [0.25, 0.3) is 28.6 Å². The third-order valence-electron chi connectivity index (χ3n) is 3.17. The van der Waals surface area contributed by atoms with Crippen molar-refractivity contribution in [3.63, 3.8) is 0 Å². The lowest BCUT2D eigenvalue weighted by Crippen LogP contribution is -1.89. The summed E-state index contributed by atoms with van der Waals surface area (Å²) in [5.41, 5.74) is 1.24. The maximum atomic E-state index is 14.2. The van der Waals surface area contributed by atoms with Crippen LogP contribution in [0.4, 0.5) is 8.78 Å². The van der Waals surface area contributed by atoms with Gasteiger partial charge in [-0.15, -0.1) is 0 Å². The van der Waals surface area contributed by atoms with Crippen LogP contribution in [0.5, 0.6) is 0 Å². The van der Waals surface area contributed by atoms with Crippen molar-refractivity contribution in [3.05, 3.63) is 58.6 Å². The first-order valence-corrected chi connectivity index (χ1v) is 6.56. The zero-order valence-electron chi connectivity index (χ0n) is 11.1. The maximum absolute atomic E-state index is 14.2. The van der Waals surface area contributed by atoms with E-state index in [2.05, 4.69) is 11.6 Å². The van der Waals surface area contributed by atoms with Crippen molar-refractivity contribution in [3.8, 4) is 11.5 Å². The molecule has 0 amide bonds. The van der Waals surface area contributed by atoms with E-state index in [1.165, 1.54) is 0 Å². The number of nitrogens with zero attached hydrogens (tertiary/aromatic N) is 1. The Morgan fingerprint density at radius 2 is 2.05 bits per heavy atom. The molecule has 0 radical (unpaired) electrons. The maximum Gasteiger partial charge on any atom is 0.228 e. The van der Waals surface area contributed by atoms with Crippen molar-refractivity contribution in [1.29, 1.82) is 0 Å². The van der Waals surface area contributed by atoms with Crippen LogP contribution < -0.4 is 0 Å². The van der Waals surface area contributed by atoms with E-state index in [1.54, 1.807) is 12.1 Å². The molecule has 5 heteroatoms. The molecular weight excluding hydrogens is 296 g/mol. The molecule has 21 heavy (non-hydrogen) atoms. The van der Waals surface area contributed by atoms with Crippen LogP contribution in [0.2, 0.25) is 5.02 Å². The van der Waals surface area contributed by atoms with Gasteiger partial charge in [-0.3, -0.25) is 0 Å². The number of halogens is 3. The lowest BCUT2D eigenvalue weighted by atomic mass is 10.1. The zero-order valence-corrected chi connectivity index (χ0v) is 11.8. The van der Waals surface area contributed by atoms with Crippen LogP contribution in [0.15, 0.2) is 35.3 Å². The Morgan fingerprint density at radius 3 is 2.76 bits per heavy atom. The third-order valence-corrected chi connectivity index (χ3v) is 3.50. The second-order valence-corrected chi connectivity index (χ2v) is 5.05. The molecule has 1 heterocycles. The normalized spacial score (nSPS) is 11.0. The lowest BCUT2D eigenvalue weighted by molar-refractivity contribution is 0.548. The van der Waals surface area contributed by atoms with Crippen molar-refractivity contribution in [2.24, 2.45) is 0 Å². The van der Waals surface area contributed by atoms with E-state index in [-0.39, 0.29) is 22.6 Å². The summed E-state index contributed by atoms with van der Waals surface area (Å²) in [5, 5.41) is 0.428.